The molecule has 102 valence electrons. The van der Waals surface area contributed by atoms with Gasteiger partial charge in [0, 0.05) is 0 Å². The lowest BCUT2D eigenvalue weighted by molar-refractivity contribution is -0.135. The fourth-order valence-corrected chi connectivity index (χ4v) is 1.80. The molecule has 0 saturated carbocycles. The third-order valence-electron chi connectivity index (χ3n) is 2.79. The van der Waals surface area contributed by atoms with E-state index in [0.717, 1.165) is 6.42 Å². The number of benzene rings is 2. The van der Waals surface area contributed by atoms with Gasteiger partial charge in [0.25, 0.3) is 0 Å². The lowest BCUT2D eigenvalue weighted by Crippen LogP contribution is -2.07. The van der Waals surface area contributed by atoms with Gasteiger partial charge in [-0.15, -0.1) is 0 Å². The van der Waals surface area contributed by atoms with Crippen LogP contribution in [0.1, 0.15) is 12.0 Å². The Labute approximate surface area is 118 Å². The van der Waals surface area contributed by atoms with Crippen LogP contribution in [0.3, 0.4) is 0 Å². The van der Waals surface area contributed by atoms with Crippen molar-refractivity contribution in [2.24, 2.45) is 0 Å². The molecule has 1 N–H and O–H groups in total. The first-order valence-corrected chi connectivity index (χ1v) is 6.46. The highest BCUT2D eigenvalue weighted by atomic mass is 16.5. The Bertz CT molecular complexity index is 574. The molecule has 0 spiro atoms. The molecule has 0 amide bonds. The van der Waals surface area contributed by atoms with E-state index in [1.54, 1.807) is 30.3 Å². The SMILES string of the molecule is O=C(O)C(=CCCc1ccccc1)Oc1ccccc1. The van der Waals surface area contributed by atoms with Crippen LogP contribution in [0.15, 0.2) is 72.5 Å². The quantitative estimate of drug-likeness (QED) is 0.642. The van der Waals surface area contributed by atoms with Gasteiger partial charge in [-0.05, 0) is 36.6 Å². The predicted octanol–water partition coefficient (Wildman–Crippen LogP) is 3.67. The van der Waals surface area contributed by atoms with E-state index in [-0.39, 0.29) is 5.76 Å². The van der Waals surface area contributed by atoms with Crippen LogP contribution in [0.5, 0.6) is 5.75 Å². The van der Waals surface area contributed by atoms with Crippen molar-refractivity contribution in [3.05, 3.63) is 78.1 Å². The highest BCUT2D eigenvalue weighted by Crippen LogP contribution is 2.14. The number of carboxylic acid groups (broad SMARTS) is 1. The van der Waals surface area contributed by atoms with Gasteiger partial charge >= 0.3 is 5.97 Å². The van der Waals surface area contributed by atoms with E-state index in [2.05, 4.69) is 0 Å². The molecule has 0 heterocycles. The average molecular weight is 268 g/mol. The number of aryl methyl sites for hydroxylation is 1. The molecule has 0 aliphatic heterocycles. The third kappa shape index (κ3) is 4.28. The summed E-state index contributed by atoms with van der Waals surface area (Å²) in [6.45, 7) is 0. The standard InChI is InChI=1S/C17H16O3/c18-17(19)16(20-15-11-5-2-6-12-15)13-7-10-14-8-3-1-4-9-14/h1-6,8-9,11-13H,7,10H2,(H,18,19). The molecule has 0 atom stereocenters. The molecule has 2 rings (SSSR count). The first kappa shape index (κ1) is 13.9. The fraction of sp³-hybridized carbons (Fsp3) is 0.118. The topological polar surface area (TPSA) is 46.5 Å². The molecule has 0 aromatic heterocycles. The molecule has 3 nitrogen and oxygen atoms in total. The van der Waals surface area contributed by atoms with Crippen LogP contribution in [0.4, 0.5) is 0 Å². The summed E-state index contributed by atoms with van der Waals surface area (Å²) in [6.07, 6.45) is 3.02. The van der Waals surface area contributed by atoms with Crippen molar-refractivity contribution in [2.45, 2.75) is 12.8 Å². The predicted molar refractivity (Wildman–Crippen MR) is 77.6 cm³/mol. The summed E-state index contributed by atoms with van der Waals surface area (Å²) in [7, 11) is 0. The van der Waals surface area contributed by atoms with Crippen LogP contribution >= 0.6 is 0 Å². The second-order valence-electron chi connectivity index (χ2n) is 4.31. The van der Waals surface area contributed by atoms with E-state index in [1.165, 1.54) is 5.56 Å². The van der Waals surface area contributed by atoms with Crippen LogP contribution in [-0.4, -0.2) is 11.1 Å². The molecule has 2 aromatic carbocycles. The Balaban J connectivity index is 1.98. The Hall–Kier alpha value is -2.55. The lowest BCUT2D eigenvalue weighted by Gasteiger charge is -2.06. The zero-order valence-corrected chi connectivity index (χ0v) is 11.0. The first-order valence-electron chi connectivity index (χ1n) is 6.46. The van der Waals surface area contributed by atoms with Gasteiger partial charge in [0.05, 0.1) is 0 Å². The maximum absolute atomic E-state index is 11.2. The van der Waals surface area contributed by atoms with Crippen LogP contribution in [-0.2, 0) is 11.2 Å². The number of carbonyl (C=O) groups is 1. The van der Waals surface area contributed by atoms with Gasteiger partial charge in [0.2, 0.25) is 5.76 Å². The van der Waals surface area contributed by atoms with E-state index >= 15 is 0 Å². The summed E-state index contributed by atoms with van der Waals surface area (Å²) >= 11 is 0. The minimum Gasteiger partial charge on any atom is -0.475 e. The molecule has 0 aliphatic rings. The van der Waals surface area contributed by atoms with Gasteiger partial charge in [-0.3, -0.25) is 0 Å². The van der Waals surface area contributed by atoms with Crippen molar-refractivity contribution in [3.8, 4) is 5.75 Å². The van der Waals surface area contributed by atoms with Crippen molar-refractivity contribution >= 4 is 5.97 Å². The summed E-state index contributed by atoms with van der Waals surface area (Å²) in [4.78, 5) is 11.2. The van der Waals surface area contributed by atoms with Crippen LogP contribution in [0.25, 0.3) is 0 Å². The summed E-state index contributed by atoms with van der Waals surface area (Å²) in [6, 6.07) is 18.9. The summed E-state index contributed by atoms with van der Waals surface area (Å²) in [5.74, 6) is -0.560. The molecule has 0 aliphatic carbocycles. The van der Waals surface area contributed by atoms with Crippen LogP contribution < -0.4 is 4.74 Å². The van der Waals surface area contributed by atoms with Crippen LogP contribution in [0, 0.1) is 0 Å². The van der Waals surface area contributed by atoms with E-state index in [0.29, 0.717) is 12.2 Å². The number of para-hydroxylation sites is 1. The van der Waals surface area contributed by atoms with Gasteiger partial charge in [-0.2, -0.15) is 0 Å². The zero-order valence-electron chi connectivity index (χ0n) is 11.0. The van der Waals surface area contributed by atoms with E-state index < -0.39 is 5.97 Å². The van der Waals surface area contributed by atoms with Gasteiger partial charge in [-0.1, -0.05) is 48.5 Å². The van der Waals surface area contributed by atoms with Crippen molar-refractivity contribution in [3.63, 3.8) is 0 Å². The molecule has 20 heavy (non-hydrogen) atoms. The second-order valence-corrected chi connectivity index (χ2v) is 4.31. The maximum atomic E-state index is 11.2. The number of hydrogen-bond donors (Lipinski definition) is 1. The van der Waals surface area contributed by atoms with E-state index in [1.807, 2.05) is 36.4 Å². The molecule has 0 unspecified atom stereocenters. The van der Waals surface area contributed by atoms with Crippen molar-refractivity contribution in [1.29, 1.82) is 0 Å². The van der Waals surface area contributed by atoms with Crippen molar-refractivity contribution < 1.29 is 14.6 Å². The number of rotatable bonds is 6. The molecule has 0 bridgehead atoms. The Morgan fingerprint density at radius 3 is 2.20 bits per heavy atom. The molecule has 2 aromatic rings. The van der Waals surface area contributed by atoms with Gasteiger partial charge in [0.15, 0.2) is 0 Å². The highest BCUT2D eigenvalue weighted by molar-refractivity contribution is 5.84. The van der Waals surface area contributed by atoms with Crippen LogP contribution in [0.2, 0.25) is 0 Å². The van der Waals surface area contributed by atoms with Crippen molar-refractivity contribution in [1.82, 2.24) is 0 Å². The number of ether oxygens (including phenoxy) is 1. The Morgan fingerprint density at radius 1 is 1.00 bits per heavy atom. The molecule has 3 heteroatoms. The lowest BCUT2D eigenvalue weighted by atomic mass is 10.1. The molecule has 0 radical (unpaired) electrons. The summed E-state index contributed by atoms with van der Waals surface area (Å²) < 4.78 is 5.38. The molecule has 0 saturated heterocycles. The average Bonchev–Trinajstić information content (AvgIpc) is 2.48. The fourth-order valence-electron chi connectivity index (χ4n) is 1.80. The highest BCUT2D eigenvalue weighted by Gasteiger charge is 2.09. The van der Waals surface area contributed by atoms with Gasteiger partial charge in [-0.25, -0.2) is 4.79 Å². The number of aliphatic carboxylic acids is 1. The summed E-state index contributed by atoms with van der Waals surface area (Å²) in [5, 5.41) is 9.14. The van der Waals surface area contributed by atoms with E-state index in [4.69, 9.17) is 9.84 Å². The smallest absolute Gasteiger partial charge is 0.371 e. The largest absolute Gasteiger partial charge is 0.475 e. The van der Waals surface area contributed by atoms with Gasteiger partial charge in [0.1, 0.15) is 5.75 Å². The number of allylic oxidation sites excluding steroid dienone is 1. The first-order chi connectivity index (χ1) is 9.75. The number of hydrogen-bond acceptors (Lipinski definition) is 2. The third-order valence-corrected chi connectivity index (χ3v) is 2.79. The Kier molecular flexibility index (Phi) is 4.95. The monoisotopic (exact) mass is 268 g/mol. The Morgan fingerprint density at radius 2 is 1.60 bits per heavy atom. The minimum absolute atomic E-state index is 0.0351. The molecule has 0 fully saturated rings. The second kappa shape index (κ2) is 7.14. The molecular weight excluding hydrogens is 252 g/mol. The zero-order chi connectivity index (χ0) is 14.2. The van der Waals surface area contributed by atoms with Crippen molar-refractivity contribution in [2.75, 3.05) is 0 Å². The normalized spacial score (nSPS) is 11.1. The summed E-state index contributed by atoms with van der Waals surface area (Å²) in [5.41, 5.74) is 1.17. The van der Waals surface area contributed by atoms with Gasteiger partial charge < -0.3 is 9.84 Å². The van der Waals surface area contributed by atoms with E-state index in [9.17, 15) is 4.79 Å². The minimum atomic E-state index is -1.05. The number of carboxylic acids is 1. The maximum Gasteiger partial charge on any atom is 0.371 e. The molecular formula is C17H16O3.